The molecule has 0 aromatic carbocycles. The van der Waals surface area contributed by atoms with Gasteiger partial charge in [0.2, 0.25) is 0 Å². The van der Waals surface area contributed by atoms with Gasteiger partial charge in [0.05, 0.1) is 18.8 Å². The fourth-order valence-electron chi connectivity index (χ4n) is 3.56. The van der Waals surface area contributed by atoms with Crippen LogP contribution in [0.25, 0.3) is 0 Å². The summed E-state index contributed by atoms with van der Waals surface area (Å²) in [5.41, 5.74) is -1.78. The zero-order valence-electron chi connectivity index (χ0n) is 9.77. The topological polar surface area (TPSA) is 68.2 Å². The average Bonchev–Trinajstić information content (AvgIpc) is 2.59. The Morgan fingerprint density at radius 1 is 1.25 bits per heavy atom. The molecule has 2 N–H and O–H groups in total. The number of ether oxygens (including phenoxy) is 3. The van der Waals surface area contributed by atoms with Gasteiger partial charge in [-0.05, 0) is 20.8 Å². The third-order valence-corrected chi connectivity index (χ3v) is 4.15. The van der Waals surface area contributed by atoms with E-state index >= 15 is 0 Å². The van der Waals surface area contributed by atoms with Crippen molar-refractivity contribution in [3.05, 3.63) is 0 Å². The van der Waals surface area contributed by atoms with Crippen molar-refractivity contribution in [2.24, 2.45) is 5.92 Å². The summed E-state index contributed by atoms with van der Waals surface area (Å²) >= 11 is 0. The molecule has 1 saturated carbocycles. The Morgan fingerprint density at radius 3 is 2.56 bits per heavy atom. The van der Waals surface area contributed by atoms with Crippen molar-refractivity contribution < 1.29 is 24.4 Å². The molecule has 5 nitrogen and oxygen atoms in total. The Bertz CT molecular complexity index is 326. The second kappa shape index (κ2) is 2.79. The Balaban J connectivity index is 2.04. The molecule has 5 heteroatoms. The van der Waals surface area contributed by atoms with E-state index in [0.717, 1.165) is 0 Å². The molecule has 0 amide bonds. The molecule has 0 aromatic rings. The quantitative estimate of drug-likeness (QED) is 0.644. The van der Waals surface area contributed by atoms with E-state index in [0.29, 0.717) is 6.61 Å². The summed E-state index contributed by atoms with van der Waals surface area (Å²) in [4.78, 5) is 0. The standard InChI is InChI=1S/C11H18O5/c1-9(2)15-8-7-10(3,13)6(4-12)11(8,16-9)5-14-7/h6-8,12-13H,4-5H2,1-3H3/t6-,7+,8+,10-,11+/m1/s1. The third-order valence-electron chi connectivity index (χ3n) is 4.15. The molecule has 2 aliphatic heterocycles. The van der Waals surface area contributed by atoms with Crippen LogP contribution in [0.4, 0.5) is 0 Å². The van der Waals surface area contributed by atoms with E-state index in [2.05, 4.69) is 0 Å². The summed E-state index contributed by atoms with van der Waals surface area (Å²) in [6, 6.07) is 0. The highest BCUT2D eigenvalue weighted by molar-refractivity contribution is 5.23. The van der Waals surface area contributed by atoms with Crippen LogP contribution in [0.5, 0.6) is 0 Å². The molecule has 16 heavy (non-hydrogen) atoms. The van der Waals surface area contributed by atoms with Crippen LogP contribution in [-0.4, -0.2) is 52.6 Å². The molecule has 1 aliphatic carbocycles. The van der Waals surface area contributed by atoms with Crippen LogP contribution in [0.2, 0.25) is 0 Å². The first kappa shape index (κ1) is 10.9. The molecule has 2 heterocycles. The van der Waals surface area contributed by atoms with Gasteiger partial charge < -0.3 is 24.4 Å². The second-order valence-electron chi connectivity index (χ2n) is 5.69. The fraction of sp³-hybridized carbons (Fsp3) is 1.00. The van der Waals surface area contributed by atoms with Crippen molar-refractivity contribution in [2.75, 3.05) is 13.2 Å². The number of hydrogen-bond donors (Lipinski definition) is 2. The van der Waals surface area contributed by atoms with Gasteiger partial charge in [-0.2, -0.15) is 0 Å². The maximum Gasteiger partial charge on any atom is 0.164 e. The SMILES string of the molecule is CC1(C)O[C@H]2[C@@H]3OC[C@]2(O1)[C@H](CO)[C@@]3(C)O. The highest BCUT2D eigenvalue weighted by Gasteiger charge is 2.76. The lowest BCUT2D eigenvalue weighted by Crippen LogP contribution is -2.55. The number of hydrogen-bond acceptors (Lipinski definition) is 5. The van der Waals surface area contributed by atoms with Crippen LogP contribution < -0.4 is 0 Å². The van der Waals surface area contributed by atoms with Crippen molar-refractivity contribution in [3.63, 3.8) is 0 Å². The van der Waals surface area contributed by atoms with Gasteiger partial charge in [-0.25, -0.2) is 0 Å². The van der Waals surface area contributed by atoms with Crippen molar-refractivity contribution >= 4 is 0 Å². The summed E-state index contributed by atoms with van der Waals surface area (Å²) in [6.07, 6.45) is -0.693. The maximum atomic E-state index is 10.4. The lowest BCUT2D eigenvalue weighted by atomic mass is 9.83. The van der Waals surface area contributed by atoms with E-state index in [1.54, 1.807) is 6.92 Å². The van der Waals surface area contributed by atoms with Crippen molar-refractivity contribution in [1.29, 1.82) is 0 Å². The molecule has 0 unspecified atom stereocenters. The minimum Gasteiger partial charge on any atom is -0.396 e. The lowest BCUT2D eigenvalue weighted by molar-refractivity contribution is -0.259. The Morgan fingerprint density at radius 2 is 1.94 bits per heavy atom. The summed E-state index contributed by atoms with van der Waals surface area (Å²) in [5.74, 6) is -1.03. The van der Waals surface area contributed by atoms with Gasteiger partial charge in [0.1, 0.15) is 17.8 Å². The van der Waals surface area contributed by atoms with Crippen LogP contribution in [0.1, 0.15) is 20.8 Å². The van der Waals surface area contributed by atoms with E-state index in [4.69, 9.17) is 14.2 Å². The Labute approximate surface area is 94.3 Å². The van der Waals surface area contributed by atoms with E-state index < -0.39 is 23.1 Å². The van der Waals surface area contributed by atoms with Gasteiger partial charge >= 0.3 is 0 Å². The highest BCUT2D eigenvalue weighted by atomic mass is 16.8. The fourth-order valence-corrected chi connectivity index (χ4v) is 3.56. The molecule has 5 atom stereocenters. The molecule has 92 valence electrons. The van der Waals surface area contributed by atoms with Crippen LogP contribution >= 0.6 is 0 Å². The van der Waals surface area contributed by atoms with E-state index in [-0.39, 0.29) is 18.6 Å². The van der Waals surface area contributed by atoms with Crippen molar-refractivity contribution in [1.82, 2.24) is 0 Å². The minimum atomic E-state index is -1.09. The Kier molecular flexibility index (Phi) is 1.90. The smallest absolute Gasteiger partial charge is 0.164 e. The first-order chi connectivity index (χ1) is 7.33. The van der Waals surface area contributed by atoms with E-state index in [1.807, 2.05) is 13.8 Å². The number of rotatable bonds is 1. The van der Waals surface area contributed by atoms with Gasteiger partial charge in [-0.15, -0.1) is 0 Å². The molecule has 0 spiro atoms. The summed E-state index contributed by atoms with van der Waals surface area (Å²) in [5, 5.41) is 19.9. The van der Waals surface area contributed by atoms with Gasteiger partial charge in [-0.1, -0.05) is 0 Å². The molecule has 2 saturated heterocycles. The molecule has 2 bridgehead atoms. The lowest BCUT2D eigenvalue weighted by Gasteiger charge is -2.41. The first-order valence-electron chi connectivity index (χ1n) is 5.66. The Hall–Kier alpha value is -0.200. The molecular formula is C11H18O5. The van der Waals surface area contributed by atoms with Gasteiger partial charge in [0.15, 0.2) is 5.79 Å². The normalized spacial score (nSPS) is 57.9. The second-order valence-corrected chi connectivity index (χ2v) is 5.69. The van der Waals surface area contributed by atoms with Crippen LogP contribution in [0, 0.1) is 5.92 Å². The zero-order chi connectivity index (χ0) is 11.8. The zero-order valence-corrected chi connectivity index (χ0v) is 9.77. The van der Waals surface area contributed by atoms with Gasteiger partial charge in [0, 0.05) is 5.92 Å². The summed E-state index contributed by atoms with van der Waals surface area (Å²) in [6.45, 7) is 5.63. The average molecular weight is 230 g/mol. The summed E-state index contributed by atoms with van der Waals surface area (Å²) in [7, 11) is 0. The number of aliphatic hydroxyl groups excluding tert-OH is 1. The third kappa shape index (κ3) is 1.03. The monoisotopic (exact) mass is 230 g/mol. The van der Waals surface area contributed by atoms with Gasteiger partial charge in [-0.3, -0.25) is 0 Å². The maximum absolute atomic E-state index is 10.4. The molecule has 3 aliphatic rings. The predicted molar refractivity (Wildman–Crippen MR) is 53.7 cm³/mol. The van der Waals surface area contributed by atoms with Crippen LogP contribution in [0.3, 0.4) is 0 Å². The molecule has 0 radical (unpaired) electrons. The minimum absolute atomic E-state index is 0.122. The molecule has 3 rings (SSSR count). The molecule has 0 aromatic heterocycles. The van der Waals surface area contributed by atoms with E-state index in [1.165, 1.54) is 0 Å². The molecule has 3 fully saturated rings. The first-order valence-corrected chi connectivity index (χ1v) is 5.66. The van der Waals surface area contributed by atoms with E-state index in [9.17, 15) is 10.2 Å². The highest BCUT2D eigenvalue weighted by Crippen LogP contribution is 2.58. The molecular weight excluding hydrogens is 212 g/mol. The number of aliphatic hydroxyl groups is 2. The van der Waals surface area contributed by atoms with Crippen molar-refractivity contribution in [2.45, 2.75) is 50.0 Å². The van der Waals surface area contributed by atoms with Crippen LogP contribution in [-0.2, 0) is 14.2 Å². The predicted octanol–water partition coefficient (Wildman–Crippen LogP) is -0.351. The largest absolute Gasteiger partial charge is 0.396 e. The van der Waals surface area contributed by atoms with Gasteiger partial charge in [0.25, 0.3) is 0 Å². The summed E-state index contributed by atoms with van der Waals surface area (Å²) < 4.78 is 17.3. The van der Waals surface area contributed by atoms with Crippen LogP contribution in [0.15, 0.2) is 0 Å². The van der Waals surface area contributed by atoms with Crippen molar-refractivity contribution in [3.8, 4) is 0 Å².